The Morgan fingerprint density at radius 2 is 1.50 bits per heavy atom. The first-order chi connectivity index (χ1) is 15.5. The third kappa shape index (κ3) is 3.78. The van der Waals surface area contributed by atoms with Gasteiger partial charge in [-0.05, 0) is 29.8 Å². The summed E-state index contributed by atoms with van der Waals surface area (Å²) in [7, 11) is 1.71. The molecule has 6 heteroatoms. The molecule has 0 amide bonds. The molecule has 0 fully saturated rings. The Kier molecular flexibility index (Phi) is 5.85. The van der Waals surface area contributed by atoms with Gasteiger partial charge < -0.3 is 15.4 Å². The van der Waals surface area contributed by atoms with E-state index < -0.39 is 5.97 Å². The molecule has 2 N–H and O–H groups in total. The van der Waals surface area contributed by atoms with Crippen molar-refractivity contribution in [3.05, 3.63) is 101 Å². The number of ether oxygens (including phenoxy) is 1. The van der Waals surface area contributed by atoms with Crippen LogP contribution < -0.4 is 10.6 Å². The number of hydrogen-bond donors (Lipinski definition) is 2. The van der Waals surface area contributed by atoms with Crippen LogP contribution in [-0.4, -0.2) is 37.7 Å². The molecule has 0 spiro atoms. The van der Waals surface area contributed by atoms with Gasteiger partial charge in [0.2, 0.25) is 0 Å². The van der Waals surface area contributed by atoms with Gasteiger partial charge in [0.15, 0.2) is 11.6 Å². The Morgan fingerprint density at radius 1 is 0.906 bits per heavy atom. The summed E-state index contributed by atoms with van der Waals surface area (Å²) in [6.45, 7) is 4.07. The quantitative estimate of drug-likeness (QED) is 0.336. The van der Waals surface area contributed by atoms with E-state index in [4.69, 9.17) is 4.74 Å². The second-order valence-corrected chi connectivity index (χ2v) is 7.25. The lowest BCUT2D eigenvalue weighted by Gasteiger charge is -2.23. The lowest BCUT2D eigenvalue weighted by molar-refractivity contribution is 0.0520. The molecule has 3 aromatic carbocycles. The van der Waals surface area contributed by atoms with E-state index in [2.05, 4.69) is 17.2 Å². The van der Waals surface area contributed by atoms with E-state index >= 15 is 0 Å². The molecule has 0 aliphatic heterocycles. The monoisotopic (exact) mass is 426 g/mol. The summed E-state index contributed by atoms with van der Waals surface area (Å²) in [6.07, 6.45) is 1.70. The average molecular weight is 426 g/mol. The second kappa shape index (κ2) is 8.89. The standard InChI is InChI=1S/C26H22N2O4/c1-3-16-8-10-17(11-9-16)26(31)32-15-14-28-21-13-12-20(27-2)22-23(21)25(30)19-7-5-4-6-18(19)24(22)29/h3-13,27-28H,1,14-15H2,2H3. The average Bonchev–Trinajstić information content (AvgIpc) is 2.84. The Morgan fingerprint density at radius 3 is 2.09 bits per heavy atom. The first-order valence-electron chi connectivity index (χ1n) is 10.2. The van der Waals surface area contributed by atoms with Crippen molar-refractivity contribution in [2.75, 3.05) is 30.8 Å². The molecule has 3 aromatic rings. The molecule has 0 saturated carbocycles. The third-order valence-electron chi connectivity index (χ3n) is 5.38. The number of esters is 1. The van der Waals surface area contributed by atoms with Crippen molar-refractivity contribution in [2.24, 2.45) is 0 Å². The molecule has 1 aliphatic carbocycles. The molecule has 0 radical (unpaired) electrons. The summed E-state index contributed by atoms with van der Waals surface area (Å²) in [5.74, 6) is -0.846. The fourth-order valence-electron chi connectivity index (χ4n) is 3.75. The number of benzene rings is 3. The first kappa shape index (κ1) is 21.1. The molecule has 0 aromatic heterocycles. The van der Waals surface area contributed by atoms with Gasteiger partial charge in [-0.2, -0.15) is 0 Å². The summed E-state index contributed by atoms with van der Waals surface area (Å²) in [5, 5.41) is 6.14. The van der Waals surface area contributed by atoms with Crippen molar-refractivity contribution in [3.8, 4) is 0 Å². The van der Waals surface area contributed by atoms with Crippen LogP contribution in [0.2, 0.25) is 0 Å². The predicted molar refractivity (Wildman–Crippen MR) is 125 cm³/mol. The van der Waals surface area contributed by atoms with Crippen molar-refractivity contribution in [2.45, 2.75) is 0 Å². The highest BCUT2D eigenvalue weighted by atomic mass is 16.5. The van der Waals surface area contributed by atoms with Crippen LogP contribution >= 0.6 is 0 Å². The SMILES string of the molecule is C=Cc1ccc(C(=O)OCCNc2ccc(NC)c3c2C(=O)c2ccccc2C3=O)cc1. The van der Waals surface area contributed by atoms with Crippen LogP contribution in [0.15, 0.2) is 67.2 Å². The van der Waals surface area contributed by atoms with Gasteiger partial charge in [0.25, 0.3) is 0 Å². The number of anilines is 2. The van der Waals surface area contributed by atoms with E-state index in [9.17, 15) is 14.4 Å². The fourth-order valence-corrected chi connectivity index (χ4v) is 3.75. The molecular weight excluding hydrogens is 404 g/mol. The highest BCUT2D eigenvalue weighted by molar-refractivity contribution is 6.31. The molecule has 0 bridgehead atoms. The third-order valence-corrected chi connectivity index (χ3v) is 5.38. The van der Waals surface area contributed by atoms with Gasteiger partial charge in [0, 0.05) is 36.1 Å². The van der Waals surface area contributed by atoms with E-state index in [0.717, 1.165) is 5.56 Å². The topological polar surface area (TPSA) is 84.5 Å². The zero-order chi connectivity index (χ0) is 22.7. The molecule has 0 heterocycles. The molecule has 1 aliphatic rings. The van der Waals surface area contributed by atoms with E-state index in [-0.39, 0.29) is 24.7 Å². The van der Waals surface area contributed by atoms with Crippen molar-refractivity contribution < 1.29 is 19.1 Å². The lowest BCUT2D eigenvalue weighted by atomic mass is 9.82. The van der Waals surface area contributed by atoms with Gasteiger partial charge in [-0.1, -0.05) is 49.1 Å². The largest absolute Gasteiger partial charge is 0.460 e. The zero-order valence-corrected chi connectivity index (χ0v) is 17.6. The number of nitrogens with one attached hydrogen (secondary N) is 2. The number of ketones is 2. The maximum Gasteiger partial charge on any atom is 0.338 e. The number of carbonyl (C=O) groups excluding carboxylic acids is 3. The molecule has 160 valence electrons. The van der Waals surface area contributed by atoms with Gasteiger partial charge in [-0.25, -0.2) is 4.79 Å². The van der Waals surface area contributed by atoms with Gasteiger partial charge in [-0.15, -0.1) is 0 Å². The van der Waals surface area contributed by atoms with E-state index in [1.54, 1.807) is 73.8 Å². The number of rotatable bonds is 7. The van der Waals surface area contributed by atoms with Crippen LogP contribution in [0.25, 0.3) is 6.08 Å². The summed E-state index contributed by atoms with van der Waals surface area (Å²) in [4.78, 5) is 38.5. The van der Waals surface area contributed by atoms with E-state index in [0.29, 0.717) is 39.2 Å². The minimum Gasteiger partial charge on any atom is -0.460 e. The second-order valence-electron chi connectivity index (χ2n) is 7.25. The smallest absolute Gasteiger partial charge is 0.338 e. The molecule has 0 unspecified atom stereocenters. The Hall–Kier alpha value is -4.19. The number of hydrogen-bond acceptors (Lipinski definition) is 6. The number of fused-ring (bicyclic) bond motifs is 2. The lowest BCUT2D eigenvalue weighted by Crippen LogP contribution is -2.24. The Balaban J connectivity index is 1.50. The van der Waals surface area contributed by atoms with Gasteiger partial charge in [0.1, 0.15) is 6.61 Å². The fraction of sp³-hybridized carbons (Fsp3) is 0.115. The van der Waals surface area contributed by atoms with Crippen LogP contribution in [0, 0.1) is 0 Å². The van der Waals surface area contributed by atoms with Gasteiger partial charge >= 0.3 is 5.97 Å². The van der Waals surface area contributed by atoms with Crippen LogP contribution in [-0.2, 0) is 4.74 Å². The molecule has 0 atom stereocenters. The van der Waals surface area contributed by atoms with Crippen molar-refractivity contribution in [1.82, 2.24) is 0 Å². The summed E-state index contributed by atoms with van der Waals surface area (Å²) in [6, 6.07) is 17.3. The predicted octanol–water partition coefficient (Wildman–Crippen LogP) is 4.42. The molecule has 0 saturated heterocycles. The molecule has 6 nitrogen and oxygen atoms in total. The van der Waals surface area contributed by atoms with Crippen molar-refractivity contribution in [1.29, 1.82) is 0 Å². The van der Waals surface area contributed by atoms with E-state index in [1.807, 2.05) is 0 Å². The van der Waals surface area contributed by atoms with Crippen molar-refractivity contribution >= 4 is 35.0 Å². The Labute approximate surface area is 185 Å². The minimum atomic E-state index is -0.435. The molecular formula is C26H22N2O4. The zero-order valence-electron chi connectivity index (χ0n) is 17.6. The maximum absolute atomic E-state index is 13.2. The van der Waals surface area contributed by atoms with Crippen LogP contribution in [0.4, 0.5) is 11.4 Å². The van der Waals surface area contributed by atoms with Crippen LogP contribution in [0.3, 0.4) is 0 Å². The highest BCUT2D eigenvalue weighted by Crippen LogP contribution is 2.36. The maximum atomic E-state index is 13.2. The van der Waals surface area contributed by atoms with Gasteiger partial charge in [0.05, 0.1) is 16.7 Å². The van der Waals surface area contributed by atoms with Crippen LogP contribution in [0.5, 0.6) is 0 Å². The van der Waals surface area contributed by atoms with Crippen molar-refractivity contribution in [3.63, 3.8) is 0 Å². The normalized spacial score (nSPS) is 11.9. The van der Waals surface area contributed by atoms with Crippen LogP contribution in [0.1, 0.15) is 47.8 Å². The number of carbonyl (C=O) groups is 3. The summed E-state index contributed by atoms with van der Waals surface area (Å²) < 4.78 is 5.33. The first-order valence-corrected chi connectivity index (χ1v) is 10.2. The molecule has 32 heavy (non-hydrogen) atoms. The highest BCUT2D eigenvalue weighted by Gasteiger charge is 2.33. The van der Waals surface area contributed by atoms with E-state index in [1.165, 1.54) is 0 Å². The Bertz CT molecular complexity index is 1230. The molecule has 4 rings (SSSR count). The minimum absolute atomic E-state index is 0.101. The summed E-state index contributed by atoms with van der Waals surface area (Å²) in [5.41, 5.74) is 3.94. The summed E-state index contributed by atoms with van der Waals surface area (Å²) >= 11 is 0. The van der Waals surface area contributed by atoms with Gasteiger partial charge in [-0.3, -0.25) is 9.59 Å².